The summed E-state index contributed by atoms with van der Waals surface area (Å²) in [7, 11) is 1.64. The van der Waals surface area contributed by atoms with E-state index < -0.39 is 0 Å². The molecule has 1 aromatic carbocycles. The third kappa shape index (κ3) is 2.55. The quantitative estimate of drug-likeness (QED) is 0.788. The van der Waals surface area contributed by atoms with E-state index in [1.807, 2.05) is 0 Å². The zero-order valence-corrected chi connectivity index (χ0v) is 13.7. The Morgan fingerprint density at radius 2 is 2.33 bits per heavy atom. The molecule has 7 nitrogen and oxygen atoms in total. The van der Waals surface area contributed by atoms with E-state index in [1.165, 1.54) is 6.33 Å². The number of furan rings is 1. The average Bonchev–Trinajstić information content (AvgIpc) is 3.31. The highest BCUT2D eigenvalue weighted by Crippen LogP contribution is 2.33. The number of aromatic amines is 1. The van der Waals surface area contributed by atoms with Crippen LogP contribution in [-0.2, 0) is 4.74 Å². The maximum Gasteiger partial charge on any atom is 0.290 e. The number of carbonyl (C=O) groups excluding carboxylic acids is 1. The Labute approximate surface area is 142 Å². The molecule has 1 saturated heterocycles. The van der Waals surface area contributed by atoms with Crippen LogP contribution >= 0.6 is 11.6 Å². The summed E-state index contributed by atoms with van der Waals surface area (Å²) in [6.45, 7) is 0.471. The van der Waals surface area contributed by atoms with E-state index >= 15 is 0 Å². The highest BCUT2D eigenvalue weighted by atomic mass is 35.5. The zero-order chi connectivity index (χ0) is 16.7. The lowest BCUT2D eigenvalue weighted by atomic mass is 10.2. The predicted octanol–water partition coefficient (Wildman–Crippen LogP) is 2.81. The van der Waals surface area contributed by atoms with Crippen molar-refractivity contribution < 1.29 is 13.9 Å². The maximum absolute atomic E-state index is 13.0. The van der Waals surface area contributed by atoms with Crippen LogP contribution in [0.15, 0.2) is 35.0 Å². The largest absolute Gasteiger partial charge is 0.451 e. The molecule has 0 unspecified atom stereocenters. The number of hydrogen-bond acceptors (Lipinski definition) is 5. The van der Waals surface area contributed by atoms with Gasteiger partial charge in [0, 0.05) is 30.5 Å². The minimum atomic E-state index is -0.221. The highest BCUT2D eigenvalue weighted by Gasteiger charge is 2.39. The second-order valence-corrected chi connectivity index (χ2v) is 6.17. The van der Waals surface area contributed by atoms with E-state index in [-0.39, 0.29) is 23.8 Å². The molecule has 24 heavy (non-hydrogen) atoms. The lowest BCUT2D eigenvalue weighted by Crippen LogP contribution is -2.32. The van der Waals surface area contributed by atoms with Gasteiger partial charge in [0.2, 0.25) is 0 Å². The molecular weight excluding hydrogens is 332 g/mol. The van der Waals surface area contributed by atoms with Crippen LogP contribution < -0.4 is 0 Å². The summed E-state index contributed by atoms with van der Waals surface area (Å²) < 4.78 is 11.1. The van der Waals surface area contributed by atoms with Gasteiger partial charge in [-0.05, 0) is 24.3 Å². The molecule has 1 aliphatic rings. The molecule has 1 aliphatic heterocycles. The van der Waals surface area contributed by atoms with Gasteiger partial charge in [-0.1, -0.05) is 11.6 Å². The highest BCUT2D eigenvalue weighted by molar-refractivity contribution is 6.31. The van der Waals surface area contributed by atoms with Crippen molar-refractivity contribution in [1.82, 2.24) is 20.1 Å². The van der Waals surface area contributed by atoms with Crippen molar-refractivity contribution in [1.29, 1.82) is 0 Å². The number of nitrogens with zero attached hydrogens (tertiary/aromatic N) is 3. The predicted molar refractivity (Wildman–Crippen MR) is 86.8 cm³/mol. The smallest absolute Gasteiger partial charge is 0.290 e. The van der Waals surface area contributed by atoms with Crippen LogP contribution in [0.4, 0.5) is 0 Å². The first kappa shape index (κ1) is 15.2. The second kappa shape index (κ2) is 5.92. The molecule has 0 radical (unpaired) electrons. The van der Waals surface area contributed by atoms with Gasteiger partial charge in [-0.2, -0.15) is 5.10 Å². The van der Waals surface area contributed by atoms with E-state index in [1.54, 1.807) is 36.3 Å². The molecule has 0 spiro atoms. The second-order valence-electron chi connectivity index (χ2n) is 5.73. The molecule has 0 bridgehead atoms. The van der Waals surface area contributed by atoms with Gasteiger partial charge in [-0.15, -0.1) is 0 Å². The van der Waals surface area contributed by atoms with Crippen LogP contribution in [-0.4, -0.2) is 45.7 Å². The van der Waals surface area contributed by atoms with Crippen molar-refractivity contribution in [2.24, 2.45) is 0 Å². The summed E-state index contributed by atoms with van der Waals surface area (Å²) >= 11 is 5.99. The SMILES string of the molecule is CO[C@@H]1C[C@@H](c2ncn[nH]2)N(C(=O)c2cc3cc(Cl)ccc3o2)C1. The minimum Gasteiger partial charge on any atom is -0.451 e. The first-order chi connectivity index (χ1) is 11.7. The van der Waals surface area contributed by atoms with Gasteiger partial charge in [0.05, 0.1) is 12.1 Å². The number of nitrogens with one attached hydrogen (secondary N) is 1. The Balaban J connectivity index is 1.67. The third-order valence-corrected chi connectivity index (χ3v) is 4.53. The molecular formula is C16H15ClN4O3. The minimum absolute atomic E-state index is 0.0529. The molecule has 0 aliphatic carbocycles. The zero-order valence-electron chi connectivity index (χ0n) is 12.9. The van der Waals surface area contributed by atoms with Gasteiger partial charge in [0.25, 0.3) is 5.91 Å². The summed E-state index contributed by atoms with van der Waals surface area (Å²) in [5.74, 6) is 0.707. The lowest BCUT2D eigenvalue weighted by molar-refractivity contribution is 0.0656. The van der Waals surface area contributed by atoms with Crippen LogP contribution in [0, 0.1) is 0 Å². The fourth-order valence-electron chi connectivity index (χ4n) is 3.09. The third-order valence-electron chi connectivity index (χ3n) is 4.30. The van der Waals surface area contributed by atoms with Crippen LogP contribution in [0.5, 0.6) is 0 Å². The Morgan fingerprint density at radius 3 is 3.08 bits per heavy atom. The molecule has 4 rings (SSSR count). The van der Waals surface area contributed by atoms with E-state index in [4.69, 9.17) is 20.8 Å². The summed E-state index contributed by atoms with van der Waals surface area (Å²) in [5.41, 5.74) is 0.626. The number of halogens is 1. The van der Waals surface area contributed by atoms with Crippen LogP contribution in [0.3, 0.4) is 0 Å². The lowest BCUT2D eigenvalue weighted by Gasteiger charge is -2.21. The van der Waals surface area contributed by atoms with Gasteiger partial charge in [0.1, 0.15) is 17.7 Å². The van der Waals surface area contributed by atoms with Gasteiger partial charge in [-0.3, -0.25) is 9.89 Å². The number of likely N-dealkylation sites (tertiary alicyclic amines) is 1. The van der Waals surface area contributed by atoms with Crippen molar-refractivity contribution in [3.05, 3.63) is 47.2 Å². The van der Waals surface area contributed by atoms with Crippen molar-refractivity contribution in [2.75, 3.05) is 13.7 Å². The van der Waals surface area contributed by atoms with E-state index in [9.17, 15) is 4.79 Å². The fraction of sp³-hybridized carbons (Fsp3) is 0.312. The van der Waals surface area contributed by atoms with Crippen molar-refractivity contribution in [3.63, 3.8) is 0 Å². The van der Waals surface area contributed by atoms with Crippen LogP contribution in [0.25, 0.3) is 11.0 Å². The number of benzene rings is 1. The van der Waals surface area contributed by atoms with Gasteiger partial charge < -0.3 is 14.1 Å². The number of ether oxygens (including phenoxy) is 1. The topological polar surface area (TPSA) is 84.3 Å². The first-order valence-electron chi connectivity index (χ1n) is 7.54. The van der Waals surface area contributed by atoms with Crippen molar-refractivity contribution in [3.8, 4) is 0 Å². The number of amides is 1. The Morgan fingerprint density at radius 1 is 1.46 bits per heavy atom. The Bertz CT molecular complexity index is 877. The normalized spacial score (nSPS) is 20.8. The standard InChI is InChI=1S/C16H15ClN4O3/c1-23-11-6-12(15-18-8-19-20-15)21(7-11)16(22)14-5-9-4-10(17)2-3-13(9)24-14/h2-5,8,11-12H,6-7H2,1H3,(H,18,19,20)/t11-,12+/m1/s1. The molecule has 124 valence electrons. The monoisotopic (exact) mass is 346 g/mol. The fourth-order valence-corrected chi connectivity index (χ4v) is 3.27. The van der Waals surface area contributed by atoms with Crippen LogP contribution in [0.1, 0.15) is 28.8 Å². The number of methoxy groups -OCH3 is 1. The van der Waals surface area contributed by atoms with Crippen molar-refractivity contribution >= 4 is 28.5 Å². The molecule has 1 fully saturated rings. The van der Waals surface area contributed by atoms with Gasteiger partial charge >= 0.3 is 0 Å². The molecule has 8 heteroatoms. The summed E-state index contributed by atoms with van der Waals surface area (Å²) in [6, 6.07) is 6.75. The molecule has 0 saturated carbocycles. The van der Waals surface area contributed by atoms with Gasteiger partial charge in [-0.25, -0.2) is 4.98 Å². The molecule has 2 atom stereocenters. The molecule has 1 N–H and O–H groups in total. The Kier molecular flexibility index (Phi) is 3.74. The summed E-state index contributed by atoms with van der Waals surface area (Å²) in [6.07, 6.45) is 2.04. The maximum atomic E-state index is 13.0. The number of carbonyl (C=O) groups is 1. The Hall–Kier alpha value is -2.38. The number of hydrogen-bond donors (Lipinski definition) is 1. The number of aromatic nitrogens is 3. The number of fused-ring (bicyclic) bond motifs is 1. The number of rotatable bonds is 3. The summed E-state index contributed by atoms with van der Waals surface area (Å²) in [4.78, 5) is 18.8. The van der Waals surface area contributed by atoms with E-state index in [2.05, 4.69) is 15.2 Å². The van der Waals surface area contributed by atoms with E-state index in [0.29, 0.717) is 29.4 Å². The molecule has 2 aromatic heterocycles. The van der Waals surface area contributed by atoms with Gasteiger partial charge in [0.15, 0.2) is 5.76 Å². The molecule has 1 amide bonds. The van der Waals surface area contributed by atoms with Crippen molar-refractivity contribution in [2.45, 2.75) is 18.6 Å². The summed E-state index contributed by atoms with van der Waals surface area (Å²) in [5, 5.41) is 8.11. The van der Waals surface area contributed by atoms with E-state index in [0.717, 1.165) is 5.39 Å². The first-order valence-corrected chi connectivity index (χ1v) is 7.91. The molecule has 3 heterocycles. The number of H-pyrrole nitrogens is 1. The molecule has 3 aromatic rings. The van der Waals surface area contributed by atoms with Crippen LogP contribution in [0.2, 0.25) is 5.02 Å². The average molecular weight is 347 g/mol.